The first-order valence-electron chi connectivity index (χ1n) is 20.7. The quantitative estimate of drug-likeness (QED) is 0.122. The summed E-state index contributed by atoms with van der Waals surface area (Å²) in [6.45, 7) is 3.53. The molecule has 322 valence electrons. The number of benzene rings is 5. The molecule has 5 aromatic carbocycles. The average Bonchev–Trinajstić information content (AvgIpc) is 3.94. The molecule has 1 aromatic heterocycles. The van der Waals surface area contributed by atoms with Crippen molar-refractivity contribution >= 4 is 46.6 Å². The minimum atomic E-state index is -2.24. The van der Waals surface area contributed by atoms with E-state index < -0.39 is 77.4 Å². The molecule has 0 radical (unpaired) electrons. The van der Waals surface area contributed by atoms with Crippen molar-refractivity contribution < 1.29 is 43.7 Å². The van der Waals surface area contributed by atoms with E-state index in [1.165, 1.54) is 25.3 Å². The average molecular weight is 859 g/mol. The molecule has 3 aliphatic rings. The summed E-state index contributed by atoms with van der Waals surface area (Å²) >= 11 is 0. The number of fused-ring (bicyclic) bond motifs is 4. The Hall–Kier alpha value is -7.83. The second-order valence-corrected chi connectivity index (χ2v) is 16.3. The van der Waals surface area contributed by atoms with Crippen molar-refractivity contribution in [1.82, 2.24) is 25.2 Å². The Morgan fingerprint density at radius 3 is 2.20 bits per heavy atom. The van der Waals surface area contributed by atoms with Crippen molar-refractivity contribution in [2.75, 3.05) is 12.0 Å². The highest BCUT2D eigenvalue weighted by molar-refractivity contribution is 6.24. The minimum absolute atomic E-state index is 0.0294. The summed E-state index contributed by atoms with van der Waals surface area (Å²) in [5.41, 5.74) is 1.39. The zero-order valence-electron chi connectivity index (χ0n) is 34.9. The van der Waals surface area contributed by atoms with Crippen LogP contribution in [-0.2, 0) is 40.6 Å². The maximum Gasteiger partial charge on any atom is 0.329 e. The van der Waals surface area contributed by atoms with Gasteiger partial charge in [-0.05, 0) is 70.6 Å². The summed E-state index contributed by atoms with van der Waals surface area (Å²) < 4.78 is 13.0. The highest BCUT2D eigenvalue weighted by atomic mass is 16.6. The molecular formula is C49H42N6O9. The number of methoxy groups -OCH3 is 1. The number of carboxylic acid groups (broad SMARTS) is 1. The van der Waals surface area contributed by atoms with Crippen molar-refractivity contribution in [1.29, 1.82) is 0 Å². The number of anilines is 1. The van der Waals surface area contributed by atoms with Gasteiger partial charge in [0.25, 0.3) is 0 Å². The third kappa shape index (κ3) is 6.70. The number of phenols is 1. The van der Waals surface area contributed by atoms with Gasteiger partial charge in [-0.15, -0.1) is 5.10 Å². The first-order chi connectivity index (χ1) is 30.9. The van der Waals surface area contributed by atoms with Gasteiger partial charge in [0.05, 0.1) is 30.4 Å². The maximum atomic E-state index is 16.0. The van der Waals surface area contributed by atoms with E-state index in [0.717, 1.165) is 10.4 Å². The van der Waals surface area contributed by atoms with E-state index in [9.17, 15) is 29.4 Å². The number of para-hydroxylation sites is 1. The van der Waals surface area contributed by atoms with Crippen molar-refractivity contribution in [3.8, 4) is 17.6 Å². The van der Waals surface area contributed by atoms with Crippen LogP contribution in [-0.4, -0.2) is 79.1 Å². The molecule has 2 saturated heterocycles. The fourth-order valence-corrected chi connectivity index (χ4v) is 9.69. The number of aliphatic carboxylic acids is 1. The molecule has 64 heavy (non-hydrogen) atoms. The molecule has 0 aliphatic carbocycles. The lowest BCUT2D eigenvalue weighted by atomic mass is 9.65. The Bertz CT molecular complexity index is 2870. The fraction of sp³-hybridized carbons (Fsp3) is 0.245. The summed E-state index contributed by atoms with van der Waals surface area (Å²) in [6, 6.07) is 30.4. The summed E-state index contributed by atoms with van der Waals surface area (Å²) in [5.74, 6) is -0.269. The van der Waals surface area contributed by atoms with Crippen LogP contribution < -0.4 is 10.2 Å². The lowest BCUT2D eigenvalue weighted by Crippen LogP contribution is -2.56. The third-order valence-electron chi connectivity index (χ3n) is 12.4. The molecule has 0 bridgehead atoms. The van der Waals surface area contributed by atoms with Crippen LogP contribution in [0.15, 0.2) is 127 Å². The number of nitrogens with zero attached hydrogens (tertiary/aromatic N) is 5. The molecule has 6 aromatic rings. The number of aromatic nitrogens is 3. The number of rotatable bonds is 8. The monoisotopic (exact) mass is 858 g/mol. The molecule has 2 fully saturated rings. The lowest BCUT2D eigenvalue weighted by molar-refractivity contribution is -0.179. The molecule has 3 amide bonds. The summed E-state index contributed by atoms with van der Waals surface area (Å²) in [4.78, 5) is 75.4. The number of phenolic OH excluding ortho intramolecular Hbond substituents is 1. The van der Waals surface area contributed by atoms with Crippen molar-refractivity contribution in [2.24, 2.45) is 11.8 Å². The number of hydrogen-bond acceptors (Lipinski definition) is 11. The second kappa shape index (κ2) is 16.5. The van der Waals surface area contributed by atoms with E-state index >= 15 is 4.79 Å². The van der Waals surface area contributed by atoms with Crippen LogP contribution in [0.3, 0.4) is 0 Å². The number of hydrogen-bond donors (Lipinski definition) is 3. The highest BCUT2D eigenvalue weighted by Gasteiger charge is 2.76. The molecule has 7 unspecified atom stereocenters. The van der Waals surface area contributed by atoms with E-state index in [4.69, 9.17) is 9.47 Å². The lowest BCUT2D eigenvalue weighted by Gasteiger charge is -2.46. The van der Waals surface area contributed by atoms with Crippen molar-refractivity contribution in [2.45, 2.75) is 56.1 Å². The Labute approximate surface area is 367 Å². The minimum Gasteiger partial charge on any atom is -0.508 e. The molecule has 3 aliphatic heterocycles. The molecule has 0 saturated carbocycles. The Morgan fingerprint density at radius 2 is 1.53 bits per heavy atom. The number of imide groups is 1. The number of carbonyl (C=O) groups is 5. The second-order valence-electron chi connectivity index (χ2n) is 16.3. The topological polar surface area (TPSA) is 193 Å². The fourth-order valence-electron chi connectivity index (χ4n) is 9.69. The number of cyclic esters (lactones) is 1. The van der Waals surface area contributed by atoms with E-state index in [1.54, 1.807) is 59.8 Å². The van der Waals surface area contributed by atoms with E-state index in [-0.39, 0.29) is 23.5 Å². The maximum absolute atomic E-state index is 16.0. The zero-order valence-corrected chi connectivity index (χ0v) is 34.9. The smallest absolute Gasteiger partial charge is 0.329 e. The third-order valence-corrected chi connectivity index (χ3v) is 12.4. The highest BCUT2D eigenvalue weighted by Crippen LogP contribution is 2.66. The molecule has 1 spiro atoms. The Kier molecular flexibility index (Phi) is 10.7. The van der Waals surface area contributed by atoms with Gasteiger partial charge < -0.3 is 25.0 Å². The predicted octanol–water partition coefficient (Wildman–Crippen LogP) is 5.85. The molecule has 15 heteroatoms. The number of esters is 2. The molecule has 4 heterocycles. The first kappa shape index (κ1) is 41.5. The van der Waals surface area contributed by atoms with Crippen LogP contribution in [0.25, 0.3) is 11.0 Å². The van der Waals surface area contributed by atoms with Gasteiger partial charge in [0, 0.05) is 5.56 Å². The van der Waals surface area contributed by atoms with Crippen LogP contribution in [0.4, 0.5) is 10.5 Å². The van der Waals surface area contributed by atoms with E-state index in [0.29, 0.717) is 27.8 Å². The standard InChI is InChI=1S/C49H42N6O9/c1-28(2)39(45(59)63-3)50-48(62)54-36-25-20-29(13-12-26-53-37-19-11-10-18-35(37)51-52-53)27-34(36)49(47(54)61)38(44(57)58)41-46(60)64-42(31-16-8-5-9-17-31)40(30-14-6-4-7-15-30)55(41)43(49)32-21-23-33(56)24-22-32/h4-11,14-25,27-28,38-43,56H,26H2,1-3H3,(H,50,62)(H,57,58). The summed E-state index contributed by atoms with van der Waals surface area (Å²) in [6.07, 6.45) is -0.983. The molecule has 7 atom stereocenters. The first-order valence-corrected chi connectivity index (χ1v) is 20.7. The van der Waals surface area contributed by atoms with E-state index in [2.05, 4.69) is 27.5 Å². The van der Waals surface area contributed by atoms with Crippen molar-refractivity contribution in [3.05, 3.63) is 155 Å². The number of amides is 3. The van der Waals surface area contributed by atoms with E-state index in [1.807, 2.05) is 72.8 Å². The number of morpholine rings is 1. The van der Waals surface area contributed by atoms with Gasteiger partial charge in [-0.25, -0.2) is 19.2 Å². The van der Waals surface area contributed by atoms with Gasteiger partial charge in [-0.2, -0.15) is 0 Å². The molecule has 9 rings (SSSR count). The van der Waals surface area contributed by atoms with Crippen LogP contribution in [0.1, 0.15) is 59.9 Å². The predicted molar refractivity (Wildman–Crippen MR) is 231 cm³/mol. The number of urea groups is 1. The SMILES string of the molecule is COC(=O)C(NC(=O)N1C(=O)C2(c3cc(C#CCn4nnc5ccccc54)ccc31)C(C(=O)O)C1C(=O)OC(c3ccccc3)C(c3ccccc3)N1C2c1ccc(O)cc1)C(C)C. The van der Waals surface area contributed by atoms with Gasteiger partial charge >= 0.3 is 23.9 Å². The summed E-state index contributed by atoms with van der Waals surface area (Å²) in [5, 5.41) is 33.3. The zero-order chi connectivity index (χ0) is 44.9. The van der Waals surface area contributed by atoms with Gasteiger partial charge in [0.1, 0.15) is 47.3 Å². The van der Waals surface area contributed by atoms with Gasteiger partial charge in [-0.3, -0.25) is 19.3 Å². The number of carboxylic acids is 1. The van der Waals surface area contributed by atoms with Gasteiger partial charge in [-0.1, -0.05) is 116 Å². The number of aromatic hydroxyl groups is 1. The Morgan fingerprint density at radius 1 is 0.859 bits per heavy atom. The number of ether oxygens (including phenoxy) is 2. The number of nitrogens with one attached hydrogen (secondary N) is 1. The van der Waals surface area contributed by atoms with Crippen LogP contribution in [0, 0.1) is 23.7 Å². The van der Waals surface area contributed by atoms with Crippen LogP contribution in [0.2, 0.25) is 0 Å². The largest absolute Gasteiger partial charge is 0.508 e. The molecular weight excluding hydrogens is 817 g/mol. The van der Waals surface area contributed by atoms with Crippen molar-refractivity contribution in [3.63, 3.8) is 0 Å². The Balaban J connectivity index is 1.29. The normalized spacial score (nSPS) is 22.9. The van der Waals surface area contributed by atoms with Gasteiger partial charge in [0.2, 0.25) is 5.91 Å². The summed E-state index contributed by atoms with van der Waals surface area (Å²) in [7, 11) is 1.18. The van der Waals surface area contributed by atoms with Crippen LogP contribution in [0.5, 0.6) is 5.75 Å². The van der Waals surface area contributed by atoms with Crippen LogP contribution >= 0.6 is 0 Å². The molecule has 15 nitrogen and oxygen atoms in total. The van der Waals surface area contributed by atoms with Gasteiger partial charge in [0.15, 0.2) is 0 Å². The molecule has 3 N–H and O–H groups in total. The number of carbonyl (C=O) groups excluding carboxylic acids is 4.